The number of nitrogens with one attached hydrogen (secondary N) is 2. The Morgan fingerprint density at radius 3 is 2.76 bits per heavy atom. The van der Waals surface area contributed by atoms with E-state index in [0.29, 0.717) is 22.8 Å². The Balaban J connectivity index is 1.48. The van der Waals surface area contributed by atoms with Gasteiger partial charge >= 0.3 is 0 Å². The van der Waals surface area contributed by atoms with Crippen LogP contribution in [0.1, 0.15) is 11.3 Å². The SMILES string of the molecule is COc1ccccc1/C=C/C(=O)NCC(=O)N/N=C\c1ccc(-c2cccc([N+](=O)[O-])c2)o1. The van der Waals surface area contributed by atoms with E-state index < -0.39 is 16.7 Å². The van der Waals surface area contributed by atoms with Gasteiger partial charge in [-0.15, -0.1) is 0 Å². The zero-order valence-electron chi connectivity index (χ0n) is 17.6. The van der Waals surface area contributed by atoms with Crippen molar-refractivity contribution in [1.29, 1.82) is 0 Å². The van der Waals surface area contributed by atoms with Crippen molar-refractivity contribution < 1.29 is 23.7 Å². The first-order chi connectivity index (χ1) is 16.0. The number of hydrazone groups is 1. The summed E-state index contributed by atoms with van der Waals surface area (Å²) in [5, 5.41) is 17.1. The second-order valence-electron chi connectivity index (χ2n) is 6.60. The number of ether oxygens (including phenoxy) is 1. The maximum absolute atomic E-state index is 11.9. The predicted molar refractivity (Wildman–Crippen MR) is 122 cm³/mol. The van der Waals surface area contributed by atoms with Gasteiger partial charge in [0.05, 0.1) is 24.8 Å². The standard InChI is InChI=1S/C23H20N4O6/c1-32-20-8-3-2-5-16(20)9-12-22(28)24-15-23(29)26-25-14-19-10-11-21(33-19)17-6-4-7-18(13-17)27(30)31/h2-14H,15H2,1H3,(H,24,28)(H,26,29)/b12-9+,25-14-. The summed E-state index contributed by atoms with van der Waals surface area (Å²) in [6, 6.07) is 16.5. The summed E-state index contributed by atoms with van der Waals surface area (Å²) < 4.78 is 10.8. The van der Waals surface area contributed by atoms with E-state index in [4.69, 9.17) is 9.15 Å². The van der Waals surface area contributed by atoms with E-state index in [9.17, 15) is 19.7 Å². The number of furan rings is 1. The smallest absolute Gasteiger partial charge is 0.270 e. The van der Waals surface area contributed by atoms with Crippen LogP contribution in [-0.4, -0.2) is 36.6 Å². The monoisotopic (exact) mass is 448 g/mol. The predicted octanol–water partition coefficient (Wildman–Crippen LogP) is 3.14. The lowest BCUT2D eigenvalue weighted by Crippen LogP contribution is -2.34. The molecule has 0 aliphatic carbocycles. The number of amides is 2. The second kappa shape index (κ2) is 11.0. The number of hydrogen-bond acceptors (Lipinski definition) is 7. The van der Waals surface area contributed by atoms with Gasteiger partial charge in [0.1, 0.15) is 17.3 Å². The van der Waals surface area contributed by atoms with Crippen molar-refractivity contribution in [3.8, 4) is 17.1 Å². The topological polar surface area (TPSA) is 136 Å². The number of benzene rings is 2. The Morgan fingerprint density at radius 2 is 1.97 bits per heavy atom. The van der Waals surface area contributed by atoms with Crippen LogP contribution in [0.25, 0.3) is 17.4 Å². The fourth-order valence-corrected chi connectivity index (χ4v) is 2.75. The van der Waals surface area contributed by atoms with Gasteiger partial charge in [-0.3, -0.25) is 19.7 Å². The van der Waals surface area contributed by atoms with Gasteiger partial charge in [0.25, 0.3) is 11.6 Å². The molecule has 0 aliphatic heterocycles. The van der Waals surface area contributed by atoms with E-state index >= 15 is 0 Å². The molecule has 1 aromatic heterocycles. The highest BCUT2D eigenvalue weighted by Crippen LogP contribution is 2.25. The number of rotatable bonds is 9. The Morgan fingerprint density at radius 1 is 1.15 bits per heavy atom. The highest BCUT2D eigenvalue weighted by atomic mass is 16.6. The van der Waals surface area contributed by atoms with E-state index in [1.165, 1.54) is 31.5 Å². The van der Waals surface area contributed by atoms with Gasteiger partial charge < -0.3 is 14.5 Å². The molecule has 0 radical (unpaired) electrons. The average molecular weight is 448 g/mol. The number of methoxy groups -OCH3 is 1. The zero-order chi connectivity index (χ0) is 23.6. The lowest BCUT2D eigenvalue weighted by Gasteiger charge is -2.03. The van der Waals surface area contributed by atoms with E-state index in [-0.39, 0.29) is 12.2 Å². The first kappa shape index (κ1) is 22.9. The molecule has 0 bridgehead atoms. The van der Waals surface area contributed by atoms with Gasteiger partial charge in [0.2, 0.25) is 5.91 Å². The fraction of sp³-hybridized carbons (Fsp3) is 0.0870. The van der Waals surface area contributed by atoms with Gasteiger partial charge in [-0.05, 0) is 24.3 Å². The van der Waals surface area contributed by atoms with Crippen LogP contribution in [0.4, 0.5) is 5.69 Å². The molecule has 3 aromatic rings. The van der Waals surface area contributed by atoms with E-state index in [2.05, 4.69) is 15.8 Å². The van der Waals surface area contributed by atoms with E-state index in [0.717, 1.165) is 5.56 Å². The van der Waals surface area contributed by atoms with Crippen LogP contribution < -0.4 is 15.5 Å². The molecule has 2 aromatic carbocycles. The molecule has 0 aliphatic rings. The number of nitro groups is 1. The minimum absolute atomic E-state index is 0.0498. The molecule has 0 unspecified atom stereocenters. The molecule has 0 saturated carbocycles. The van der Waals surface area contributed by atoms with Gasteiger partial charge in [-0.25, -0.2) is 5.43 Å². The normalized spacial score (nSPS) is 10.9. The first-order valence-corrected chi connectivity index (χ1v) is 9.72. The van der Waals surface area contributed by atoms with Crippen molar-refractivity contribution in [1.82, 2.24) is 10.7 Å². The molecule has 0 spiro atoms. The third kappa shape index (κ3) is 6.62. The van der Waals surface area contributed by atoms with Crippen molar-refractivity contribution in [2.75, 3.05) is 13.7 Å². The number of carbonyl (C=O) groups is 2. The molecule has 10 heteroatoms. The molecule has 2 N–H and O–H groups in total. The van der Waals surface area contributed by atoms with Gasteiger partial charge in [-0.1, -0.05) is 30.3 Å². The molecule has 10 nitrogen and oxygen atoms in total. The summed E-state index contributed by atoms with van der Waals surface area (Å²) in [5.41, 5.74) is 3.49. The van der Waals surface area contributed by atoms with Crippen LogP contribution in [-0.2, 0) is 9.59 Å². The van der Waals surface area contributed by atoms with Crippen molar-refractivity contribution in [2.24, 2.45) is 5.10 Å². The number of carbonyl (C=O) groups excluding carboxylic acids is 2. The lowest BCUT2D eigenvalue weighted by atomic mass is 10.1. The van der Waals surface area contributed by atoms with E-state index in [1.807, 2.05) is 12.1 Å². The zero-order valence-corrected chi connectivity index (χ0v) is 17.6. The number of nitrogens with zero attached hydrogens (tertiary/aromatic N) is 2. The lowest BCUT2D eigenvalue weighted by molar-refractivity contribution is -0.384. The summed E-state index contributed by atoms with van der Waals surface area (Å²) in [4.78, 5) is 34.2. The number of hydrogen-bond donors (Lipinski definition) is 2. The maximum Gasteiger partial charge on any atom is 0.270 e. The Hall–Kier alpha value is -4.73. The van der Waals surface area contributed by atoms with E-state index in [1.54, 1.807) is 42.5 Å². The van der Waals surface area contributed by atoms with Crippen molar-refractivity contribution >= 4 is 29.8 Å². The minimum atomic E-state index is -0.532. The van der Waals surface area contributed by atoms with Crippen LogP contribution in [0.3, 0.4) is 0 Å². The summed E-state index contributed by atoms with van der Waals surface area (Å²) in [6.07, 6.45) is 4.16. The van der Waals surface area contributed by atoms with Crippen molar-refractivity contribution in [3.63, 3.8) is 0 Å². The Bertz CT molecular complexity index is 1210. The maximum atomic E-state index is 11.9. The van der Waals surface area contributed by atoms with Crippen LogP contribution >= 0.6 is 0 Å². The van der Waals surface area contributed by atoms with Crippen molar-refractivity contribution in [2.45, 2.75) is 0 Å². The summed E-state index contributed by atoms with van der Waals surface area (Å²) >= 11 is 0. The third-order valence-electron chi connectivity index (χ3n) is 4.33. The molecule has 0 atom stereocenters. The Labute approximate surface area is 188 Å². The van der Waals surface area contributed by atoms with Crippen LogP contribution in [0.2, 0.25) is 0 Å². The third-order valence-corrected chi connectivity index (χ3v) is 4.33. The molecular weight excluding hydrogens is 428 g/mol. The number of non-ortho nitro benzene ring substituents is 1. The first-order valence-electron chi connectivity index (χ1n) is 9.72. The molecule has 2 amide bonds. The molecule has 0 saturated heterocycles. The summed E-state index contributed by atoms with van der Waals surface area (Å²) in [5.74, 6) is 0.393. The van der Waals surface area contributed by atoms with Crippen LogP contribution in [0, 0.1) is 10.1 Å². The highest BCUT2D eigenvalue weighted by molar-refractivity contribution is 5.94. The largest absolute Gasteiger partial charge is 0.496 e. The molecule has 3 rings (SSSR count). The molecule has 1 heterocycles. The molecule has 168 valence electrons. The number of nitro benzene ring substituents is 1. The average Bonchev–Trinajstić information content (AvgIpc) is 3.30. The second-order valence-corrected chi connectivity index (χ2v) is 6.60. The van der Waals surface area contributed by atoms with Crippen molar-refractivity contribution in [3.05, 3.63) is 88.2 Å². The van der Waals surface area contributed by atoms with Gasteiger partial charge in [-0.2, -0.15) is 5.10 Å². The number of para-hydroxylation sites is 1. The summed E-state index contributed by atoms with van der Waals surface area (Å²) in [6.45, 7) is -0.274. The summed E-state index contributed by atoms with van der Waals surface area (Å²) in [7, 11) is 1.54. The molecule has 0 fully saturated rings. The van der Waals surface area contributed by atoms with Gasteiger partial charge in [0.15, 0.2) is 0 Å². The van der Waals surface area contributed by atoms with Crippen LogP contribution in [0.5, 0.6) is 5.75 Å². The van der Waals surface area contributed by atoms with Gasteiger partial charge in [0, 0.05) is 29.3 Å². The molecule has 33 heavy (non-hydrogen) atoms. The molecular formula is C23H20N4O6. The minimum Gasteiger partial charge on any atom is -0.496 e. The fourth-order valence-electron chi connectivity index (χ4n) is 2.75. The van der Waals surface area contributed by atoms with Crippen LogP contribution in [0.15, 0.2) is 76.3 Å². The Kier molecular flexibility index (Phi) is 7.68. The highest BCUT2D eigenvalue weighted by Gasteiger charge is 2.10. The quantitative estimate of drug-likeness (QED) is 0.223.